The third-order valence-electron chi connectivity index (χ3n) is 3.44. The maximum Gasteiger partial charge on any atom is 0.0705 e. The Kier molecular flexibility index (Phi) is 3.32. The summed E-state index contributed by atoms with van der Waals surface area (Å²) < 4.78 is 0. The van der Waals surface area contributed by atoms with E-state index in [0.717, 1.165) is 5.52 Å². The van der Waals surface area contributed by atoms with Crippen LogP contribution < -0.4 is 5.32 Å². The Morgan fingerprint density at radius 1 is 1.16 bits per heavy atom. The van der Waals surface area contributed by atoms with Gasteiger partial charge in [-0.3, -0.25) is 4.98 Å². The van der Waals surface area contributed by atoms with Gasteiger partial charge in [-0.1, -0.05) is 18.2 Å². The van der Waals surface area contributed by atoms with Crippen LogP contribution in [0.25, 0.3) is 10.9 Å². The molecule has 1 unspecified atom stereocenters. The molecule has 0 aliphatic carbocycles. The fraction of sp³-hybridized carbons (Fsp3) is 0.188. The predicted octanol–water partition coefficient (Wildman–Crippen LogP) is 3.91. The van der Waals surface area contributed by atoms with Crippen molar-refractivity contribution in [2.75, 3.05) is 7.05 Å². The Morgan fingerprint density at radius 3 is 2.79 bits per heavy atom. The summed E-state index contributed by atoms with van der Waals surface area (Å²) in [6.07, 6.45) is 1.84. The summed E-state index contributed by atoms with van der Waals surface area (Å²) in [4.78, 5) is 5.81. The van der Waals surface area contributed by atoms with E-state index >= 15 is 0 Å². The number of aromatic nitrogens is 1. The second kappa shape index (κ2) is 5.11. The van der Waals surface area contributed by atoms with Gasteiger partial charge in [0.05, 0.1) is 11.6 Å². The van der Waals surface area contributed by atoms with Crippen molar-refractivity contribution in [3.63, 3.8) is 0 Å². The van der Waals surface area contributed by atoms with E-state index in [-0.39, 0.29) is 6.04 Å². The highest BCUT2D eigenvalue weighted by Gasteiger charge is 2.17. The van der Waals surface area contributed by atoms with Gasteiger partial charge in [-0.15, -0.1) is 11.3 Å². The summed E-state index contributed by atoms with van der Waals surface area (Å²) >= 11 is 1.80. The Hall–Kier alpha value is -1.71. The van der Waals surface area contributed by atoms with Gasteiger partial charge >= 0.3 is 0 Å². The molecule has 0 spiro atoms. The van der Waals surface area contributed by atoms with Crippen LogP contribution in [-0.2, 0) is 0 Å². The number of aryl methyl sites for hydroxylation is 1. The maximum absolute atomic E-state index is 4.44. The molecule has 2 heterocycles. The lowest BCUT2D eigenvalue weighted by atomic mass is 9.98. The normalized spacial score (nSPS) is 12.7. The van der Waals surface area contributed by atoms with Crippen molar-refractivity contribution >= 4 is 22.2 Å². The molecule has 0 aliphatic heterocycles. The number of rotatable bonds is 3. The lowest BCUT2D eigenvalue weighted by Crippen LogP contribution is -2.17. The zero-order chi connectivity index (χ0) is 13.2. The number of nitrogens with zero attached hydrogens (tertiary/aromatic N) is 1. The minimum absolute atomic E-state index is 0.230. The number of thiophene rings is 1. The van der Waals surface area contributed by atoms with Gasteiger partial charge in [-0.2, -0.15) is 0 Å². The predicted molar refractivity (Wildman–Crippen MR) is 81.7 cm³/mol. The Labute approximate surface area is 117 Å². The minimum Gasteiger partial charge on any atom is -0.309 e. The van der Waals surface area contributed by atoms with Crippen LogP contribution in [0.3, 0.4) is 0 Å². The summed E-state index contributed by atoms with van der Waals surface area (Å²) in [5.41, 5.74) is 3.68. The van der Waals surface area contributed by atoms with Crippen LogP contribution in [0.4, 0.5) is 0 Å². The van der Waals surface area contributed by atoms with Crippen molar-refractivity contribution in [3.05, 3.63) is 64.0 Å². The van der Waals surface area contributed by atoms with Crippen LogP contribution in [0, 0.1) is 6.92 Å². The Bertz CT molecular complexity index is 697. The second-order valence-corrected chi connectivity index (χ2v) is 5.55. The molecule has 3 heteroatoms. The third kappa shape index (κ3) is 2.15. The van der Waals surface area contributed by atoms with Crippen molar-refractivity contribution in [2.24, 2.45) is 0 Å². The Morgan fingerprint density at radius 2 is 2.05 bits per heavy atom. The van der Waals surface area contributed by atoms with E-state index in [1.165, 1.54) is 21.4 Å². The average Bonchev–Trinajstić information content (AvgIpc) is 2.86. The van der Waals surface area contributed by atoms with Crippen molar-refractivity contribution in [1.82, 2.24) is 10.3 Å². The summed E-state index contributed by atoms with van der Waals surface area (Å²) in [5, 5.41) is 6.81. The molecule has 0 amide bonds. The van der Waals surface area contributed by atoms with Crippen LogP contribution in [0.15, 0.2) is 48.0 Å². The summed E-state index contributed by atoms with van der Waals surface area (Å²) in [6.45, 7) is 2.17. The molecule has 0 bridgehead atoms. The fourth-order valence-electron chi connectivity index (χ4n) is 2.49. The van der Waals surface area contributed by atoms with E-state index in [1.54, 1.807) is 11.3 Å². The number of benzene rings is 1. The lowest BCUT2D eigenvalue weighted by molar-refractivity contribution is 0.705. The lowest BCUT2D eigenvalue weighted by Gasteiger charge is -2.18. The van der Waals surface area contributed by atoms with Crippen molar-refractivity contribution < 1.29 is 0 Å². The summed E-state index contributed by atoms with van der Waals surface area (Å²) in [6, 6.07) is 12.9. The van der Waals surface area contributed by atoms with Crippen LogP contribution >= 0.6 is 11.3 Å². The van der Waals surface area contributed by atoms with Crippen LogP contribution in [0.5, 0.6) is 0 Å². The molecule has 2 aromatic heterocycles. The molecule has 0 saturated carbocycles. The highest BCUT2D eigenvalue weighted by molar-refractivity contribution is 7.10. The maximum atomic E-state index is 4.44. The van der Waals surface area contributed by atoms with Gasteiger partial charge in [0.2, 0.25) is 0 Å². The second-order valence-electron chi connectivity index (χ2n) is 4.61. The molecule has 0 fully saturated rings. The van der Waals surface area contributed by atoms with Gasteiger partial charge in [0.1, 0.15) is 0 Å². The van der Waals surface area contributed by atoms with E-state index in [9.17, 15) is 0 Å². The molecule has 2 nitrogen and oxygen atoms in total. The molecular weight excluding hydrogens is 252 g/mol. The topological polar surface area (TPSA) is 24.9 Å². The largest absolute Gasteiger partial charge is 0.309 e. The van der Waals surface area contributed by atoms with E-state index < -0.39 is 0 Å². The van der Waals surface area contributed by atoms with Crippen LogP contribution in [0.1, 0.15) is 22.0 Å². The summed E-state index contributed by atoms with van der Waals surface area (Å²) in [5.74, 6) is 0. The molecule has 19 heavy (non-hydrogen) atoms. The van der Waals surface area contributed by atoms with E-state index in [4.69, 9.17) is 0 Å². The minimum atomic E-state index is 0.230. The Balaban J connectivity index is 2.20. The van der Waals surface area contributed by atoms with Crippen LogP contribution in [-0.4, -0.2) is 12.0 Å². The monoisotopic (exact) mass is 268 g/mol. The molecule has 0 radical (unpaired) electrons. The quantitative estimate of drug-likeness (QED) is 0.779. The number of pyridine rings is 1. The zero-order valence-corrected chi connectivity index (χ0v) is 11.9. The number of hydrogen-bond acceptors (Lipinski definition) is 3. The van der Waals surface area contributed by atoms with Gasteiger partial charge in [-0.05, 0) is 48.7 Å². The van der Waals surface area contributed by atoms with Gasteiger partial charge < -0.3 is 5.32 Å². The molecule has 0 aliphatic rings. The number of nitrogens with one attached hydrogen (secondary N) is 1. The number of hydrogen-bond donors (Lipinski definition) is 1. The highest BCUT2D eigenvalue weighted by atomic mass is 32.1. The molecular formula is C16H16N2S. The first-order chi connectivity index (χ1) is 9.31. The molecule has 1 N–H and O–H groups in total. The van der Waals surface area contributed by atoms with Crippen molar-refractivity contribution in [1.29, 1.82) is 0 Å². The standard InChI is InChI=1S/C16H16N2S/c1-11-8-10-19-16(11)15(17-2)13-5-3-7-14-12(13)6-4-9-18-14/h3-10,15,17H,1-2H3. The van der Waals surface area contributed by atoms with E-state index in [2.05, 4.69) is 52.9 Å². The molecule has 96 valence electrons. The van der Waals surface area contributed by atoms with E-state index in [1.807, 2.05) is 19.3 Å². The average molecular weight is 268 g/mol. The molecule has 3 rings (SSSR count). The van der Waals surface area contributed by atoms with E-state index in [0.29, 0.717) is 0 Å². The molecule has 0 saturated heterocycles. The first kappa shape index (κ1) is 12.3. The summed E-state index contributed by atoms with van der Waals surface area (Å²) in [7, 11) is 2.01. The molecule has 1 aromatic carbocycles. The van der Waals surface area contributed by atoms with Gasteiger partial charge in [0.15, 0.2) is 0 Å². The van der Waals surface area contributed by atoms with Gasteiger partial charge in [0, 0.05) is 16.5 Å². The third-order valence-corrected chi connectivity index (χ3v) is 4.53. The highest BCUT2D eigenvalue weighted by Crippen LogP contribution is 2.32. The zero-order valence-electron chi connectivity index (χ0n) is 11.1. The fourth-order valence-corrected chi connectivity index (χ4v) is 3.54. The van der Waals surface area contributed by atoms with Crippen molar-refractivity contribution in [2.45, 2.75) is 13.0 Å². The van der Waals surface area contributed by atoms with Crippen molar-refractivity contribution in [3.8, 4) is 0 Å². The SMILES string of the molecule is CNC(c1sccc1C)c1cccc2ncccc12. The van der Waals surface area contributed by atoms with Gasteiger partial charge in [-0.25, -0.2) is 0 Å². The smallest absolute Gasteiger partial charge is 0.0705 e. The number of fused-ring (bicyclic) bond motifs is 1. The molecule has 1 atom stereocenters. The first-order valence-corrected chi connectivity index (χ1v) is 7.24. The molecule has 3 aromatic rings. The van der Waals surface area contributed by atoms with Gasteiger partial charge in [0.25, 0.3) is 0 Å². The first-order valence-electron chi connectivity index (χ1n) is 6.36. The van der Waals surface area contributed by atoms with Crippen LogP contribution in [0.2, 0.25) is 0 Å².